The maximum Gasteiger partial charge on any atom is 0.259 e. The number of para-hydroxylation sites is 1. The van der Waals surface area contributed by atoms with Crippen molar-refractivity contribution in [1.82, 2.24) is 9.78 Å². The minimum atomic E-state index is -0.0679. The smallest absolute Gasteiger partial charge is 0.259 e. The lowest BCUT2D eigenvalue weighted by atomic mass is 10.0. The molecule has 4 nitrogen and oxygen atoms in total. The Kier molecular flexibility index (Phi) is 3.06. The van der Waals surface area contributed by atoms with Crippen LogP contribution >= 0.6 is 0 Å². The second-order valence-corrected chi connectivity index (χ2v) is 6.69. The molecule has 0 aliphatic heterocycles. The minimum absolute atomic E-state index is 0.0679. The zero-order valence-electron chi connectivity index (χ0n) is 13.0. The van der Waals surface area contributed by atoms with E-state index in [1.807, 2.05) is 26.1 Å². The lowest BCUT2D eigenvalue weighted by Gasteiger charge is -2.10. The van der Waals surface area contributed by atoms with Gasteiger partial charge in [0.25, 0.3) is 5.91 Å². The zero-order chi connectivity index (χ0) is 15.3. The Morgan fingerprint density at radius 1 is 1.32 bits per heavy atom. The number of anilines is 1. The van der Waals surface area contributed by atoms with E-state index in [9.17, 15) is 4.79 Å². The Morgan fingerprint density at radius 2 is 2.09 bits per heavy atom. The van der Waals surface area contributed by atoms with Crippen molar-refractivity contribution in [1.29, 1.82) is 0 Å². The standard InChI is InChI=1S/C18H21N3O/c1-11-16(10-21(2)20-11)18(22)19-17-6-4-3-5-13(17)15-9-14(15)12-7-8-12/h3-6,10,12,14-15H,7-9H2,1-2H3,(H,19,22)/t14-,15-/m0/s1. The van der Waals surface area contributed by atoms with Crippen LogP contribution in [0.5, 0.6) is 0 Å². The van der Waals surface area contributed by atoms with Crippen LogP contribution in [0.4, 0.5) is 5.69 Å². The van der Waals surface area contributed by atoms with Crippen molar-refractivity contribution in [3.05, 3.63) is 47.3 Å². The van der Waals surface area contributed by atoms with Gasteiger partial charge in [-0.1, -0.05) is 18.2 Å². The van der Waals surface area contributed by atoms with Gasteiger partial charge in [-0.15, -0.1) is 0 Å². The number of hydrogen-bond donors (Lipinski definition) is 1. The van der Waals surface area contributed by atoms with Crippen LogP contribution in [0.25, 0.3) is 0 Å². The van der Waals surface area contributed by atoms with E-state index in [0.29, 0.717) is 11.5 Å². The van der Waals surface area contributed by atoms with Gasteiger partial charge in [-0.2, -0.15) is 5.10 Å². The fraction of sp³-hybridized carbons (Fsp3) is 0.444. The van der Waals surface area contributed by atoms with Crippen molar-refractivity contribution in [3.63, 3.8) is 0 Å². The summed E-state index contributed by atoms with van der Waals surface area (Å²) in [6.07, 6.45) is 5.84. The molecule has 2 atom stereocenters. The highest BCUT2D eigenvalue weighted by Gasteiger charge is 2.48. The largest absolute Gasteiger partial charge is 0.322 e. The molecule has 0 radical (unpaired) electrons. The molecule has 2 fully saturated rings. The van der Waals surface area contributed by atoms with E-state index in [-0.39, 0.29) is 5.91 Å². The van der Waals surface area contributed by atoms with Crippen molar-refractivity contribution < 1.29 is 4.79 Å². The predicted octanol–water partition coefficient (Wildman–Crippen LogP) is 3.49. The van der Waals surface area contributed by atoms with Gasteiger partial charge in [0.15, 0.2) is 0 Å². The van der Waals surface area contributed by atoms with Crippen LogP contribution in [0.15, 0.2) is 30.5 Å². The quantitative estimate of drug-likeness (QED) is 0.938. The maximum absolute atomic E-state index is 12.5. The molecule has 1 aromatic heterocycles. The van der Waals surface area contributed by atoms with E-state index in [4.69, 9.17) is 0 Å². The fourth-order valence-corrected chi connectivity index (χ4v) is 3.56. The Morgan fingerprint density at radius 3 is 2.77 bits per heavy atom. The van der Waals surface area contributed by atoms with E-state index in [1.165, 1.54) is 24.8 Å². The SMILES string of the molecule is Cc1nn(C)cc1C(=O)Nc1ccccc1[C@@H]1C[C@H]1C1CC1. The molecule has 2 aliphatic carbocycles. The number of carbonyl (C=O) groups is 1. The summed E-state index contributed by atoms with van der Waals surface area (Å²) >= 11 is 0. The first kappa shape index (κ1) is 13.6. The molecule has 1 amide bonds. The molecule has 1 N–H and O–H groups in total. The summed E-state index contributed by atoms with van der Waals surface area (Å²) in [6, 6.07) is 8.24. The molecule has 22 heavy (non-hydrogen) atoms. The Balaban J connectivity index is 1.55. The normalized spacial score (nSPS) is 23.4. The van der Waals surface area contributed by atoms with Crippen LogP contribution in [0, 0.1) is 18.8 Å². The van der Waals surface area contributed by atoms with Crippen molar-refractivity contribution in [2.75, 3.05) is 5.32 Å². The molecule has 0 unspecified atom stereocenters. The summed E-state index contributed by atoms with van der Waals surface area (Å²) < 4.78 is 1.68. The number of hydrogen-bond acceptors (Lipinski definition) is 2. The van der Waals surface area contributed by atoms with E-state index in [2.05, 4.69) is 22.5 Å². The molecule has 2 saturated carbocycles. The third-order valence-corrected chi connectivity index (χ3v) is 4.93. The number of nitrogens with zero attached hydrogens (tertiary/aromatic N) is 2. The fourth-order valence-electron chi connectivity index (χ4n) is 3.56. The lowest BCUT2D eigenvalue weighted by molar-refractivity contribution is 0.102. The molecular weight excluding hydrogens is 274 g/mol. The Labute approximate surface area is 130 Å². The van der Waals surface area contributed by atoms with E-state index in [1.54, 1.807) is 10.9 Å². The number of amides is 1. The summed E-state index contributed by atoms with van der Waals surface area (Å²) in [4.78, 5) is 12.5. The average Bonchev–Trinajstić information content (AvgIpc) is 3.36. The van der Waals surface area contributed by atoms with Gasteiger partial charge in [0.2, 0.25) is 0 Å². The second-order valence-electron chi connectivity index (χ2n) is 6.69. The van der Waals surface area contributed by atoms with E-state index in [0.717, 1.165) is 23.2 Å². The molecule has 1 aromatic carbocycles. The van der Waals surface area contributed by atoms with Crippen LogP contribution in [0.1, 0.15) is 46.8 Å². The highest BCUT2D eigenvalue weighted by Crippen LogP contribution is 2.60. The molecule has 0 bridgehead atoms. The first-order valence-corrected chi connectivity index (χ1v) is 8.04. The van der Waals surface area contributed by atoms with Gasteiger partial charge >= 0.3 is 0 Å². The number of rotatable bonds is 4. The second kappa shape index (κ2) is 4.97. The van der Waals surface area contributed by atoms with Crippen molar-refractivity contribution in [2.24, 2.45) is 18.9 Å². The van der Waals surface area contributed by atoms with Crippen LogP contribution in [-0.2, 0) is 7.05 Å². The summed E-state index contributed by atoms with van der Waals surface area (Å²) in [5.74, 6) is 2.35. The van der Waals surface area contributed by atoms with Gasteiger partial charge < -0.3 is 5.32 Å². The molecule has 4 rings (SSSR count). The Bertz CT molecular complexity index is 730. The van der Waals surface area contributed by atoms with Gasteiger partial charge in [0, 0.05) is 18.9 Å². The van der Waals surface area contributed by atoms with Crippen LogP contribution in [0.2, 0.25) is 0 Å². The topological polar surface area (TPSA) is 46.9 Å². The molecule has 2 aliphatic rings. The summed E-state index contributed by atoms with van der Waals surface area (Å²) in [6.45, 7) is 1.87. The molecule has 0 spiro atoms. The molecular formula is C18H21N3O. The molecule has 114 valence electrons. The van der Waals surface area contributed by atoms with Gasteiger partial charge in [0.05, 0.1) is 11.3 Å². The summed E-state index contributed by atoms with van der Waals surface area (Å²) in [7, 11) is 1.84. The van der Waals surface area contributed by atoms with E-state index < -0.39 is 0 Å². The monoisotopic (exact) mass is 295 g/mol. The highest BCUT2D eigenvalue weighted by atomic mass is 16.1. The third-order valence-electron chi connectivity index (χ3n) is 4.93. The van der Waals surface area contributed by atoms with Gasteiger partial charge in [-0.05, 0) is 55.6 Å². The van der Waals surface area contributed by atoms with E-state index >= 15 is 0 Å². The van der Waals surface area contributed by atoms with Crippen molar-refractivity contribution >= 4 is 11.6 Å². The number of carbonyl (C=O) groups excluding carboxylic acids is 1. The lowest BCUT2D eigenvalue weighted by Crippen LogP contribution is -2.13. The van der Waals surface area contributed by atoms with Crippen LogP contribution in [0.3, 0.4) is 0 Å². The first-order chi connectivity index (χ1) is 10.6. The molecule has 2 aromatic rings. The summed E-state index contributed by atoms with van der Waals surface area (Å²) in [5.41, 5.74) is 3.67. The Hall–Kier alpha value is -2.10. The zero-order valence-corrected chi connectivity index (χ0v) is 13.0. The van der Waals surface area contributed by atoms with Crippen LogP contribution < -0.4 is 5.32 Å². The average molecular weight is 295 g/mol. The summed E-state index contributed by atoms with van der Waals surface area (Å²) in [5, 5.41) is 7.33. The maximum atomic E-state index is 12.5. The number of aryl methyl sites for hydroxylation is 2. The predicted molar refractivity (Wildman–Crippen MR) is 85.9 cm³/mol. The van der Waals surface area contributed by atoms with Gasteiger partial charge in [0.1, 0.15) is 0 Å². The first-order valence-electron chi connectivity index (χ1n) is 8.04. The number of aromatic nitrogens is 2. The van der Waals surface area contributed by atoms with Crippen LogP contribution in [-0.4, -0.2) is 15.7 Å². The molecule has 0 saturated heterocycles. The molecule has 1 heterocycles. The van der Waals surface area contributed by atoms with Gasteiger partial charge in [-0.3, -0.25) is 9.48 Å². The van der Waals surface area contributed by atoms with Crippen molar-refractivity contribution in [2.45, 2.75) is 32.1 Å². The highest BCUT2D eigenvalue weighted by molar-refractivity contribution is 6.05. The van der Waals surface area contributed by atoms with Gasteiger partial charge in [-0.25, -0.2) is 0 Å². The number of nitrogens with one attached hydrogen (secondary N) is 1. The minimum Gasteiger partial charge on any atom is -0.322 e. The molecule has 4 heteroatoms. The van der Waals surface area contributed by atoms with Crippen molar-refractivity contribution in [3.8, 4) is 0 Å². The number of benzene rings is 1. The third kappa shape index (κ3) is 2.43.